The Kier molecular flexibility index (Phi) is 6.12. The van der Waals surface area contributed by atoms with Crippen molar-refractivity contribution >= 4 is 24.0 Å². The number of anilines is 1. The molecule has 19 heavy (non-hydrogen) atoms. The van der Waals surface area contributed by atoms with Crippen molar-refractivity contribution in [1.82, 2.24) is 0 Å². The Labute approximate surface area is 120 Å². The quantitative estimate of drug-likeness (QED) is 0.893. The minimum absolute atomic E-state index is 0. The molecule has 0 aliphatic heterocycles. The molecule has 0 radical (unpaired) electrons. The molecule has 0 spiro atoms. The van der Waals surface area contributed by atoms with E-state index >= 15 is 0 Å². The molecule has 5 heteroatoms. The molecule has 1 aliphatic carbocycles. The van der Waals surface area contributed by atoms with Crippen LogP contribution in [0.1, 0.15) is 32.6 Å². The van der Waals surface area contributed by atoms with Gasteiger partial charge in [-0.1, -0.05) is 0 Å². The normalized spacial score (nSPS) is 16.5. The van der Waals surface area contributed by atoms with Crippen LogP contribution in [0.4, 0.5) is 5.69 Å². The van der Waals surface area contributed by atoms with Gasteiger partial charge >= 0.3 is 0 Å². The van der Waals surface area contributed by atoms with E-state index in [1.807, 2.05) is 24.3 Å². The van der Waals surface area contributed by atoms with Gasteiger partial charge in [0.2, 0.25) is 5.91 Å². The summed E-state index contributed by atoms with van der Waals surface area (Å²) < 4.78 is 5.85. The maximum Gasteiger partial charge on any atom is 0.240 e. The fraction of sp³-hybridized carbons (Fsp3) is 0.500. The first-order valence-corrected chi connectivity index (χ1v) is 6.48. The van der Waals surface area contributed by atoms with E-state index in [2.05, 4.69) is 5.32 Å². The molecular formula is C14H21ClN2O2. The number of benzene rings is 1. The van der Waals surface area contributed by atoms with E-state index in [-0.39, 0.29) is 18.3 Å². The lowest BCUT2D eigenvalue weighted by Gasteiger charge is -2.13. The van der Waals surface area contributed by atoms with Gasteiger partial charge in [0.1, 0.15) is 5.75 Å². The highest BCUT2D eigenvalue weighted by molar-refractivity contribution is 5.94. The third kappa shape index (κ3) is 4.73. The minimum atomic E-state index is -0.501. The van der Waals surface area contributed by atoms with Crippen molar-refractivity contribution in [2.45, 2.75) is 44.8 Å². The molecule has 0 unspecified atom stereocenters. The first kappa shape index (κ1) is 15.8. The summed E-state index contributed by atoms with van der Waals surface area (Å²) in [6.07, 6.45) is 5.15. The van der Waals surface area contributed by atoms with Crippen LogP contribution in [0.5, 0.6) is 5.75 Å². The second-order valence-electron chi connectivity index (χ2n) is 4.83. The van der Waals surface area contributed by atoms with E-state index in [0.29, 0.717) is 6.10 Å². The summed E-state index contributed by atoms with van der Waals surface area (Å²) in [6, 6.07) is 6.94. The molecule has 4 nitrogen and oxygen atoms in total. The standard InChI is InChI=1S/C14H20N2O2.ClH/c1-10(15)14(17)16-11-6-8-13(9-7-11)18-12-4-2-3-5-12;/h6-10,12H,2-5,15H2,1H3,(H,16,17);1H/t10-;/m0./s1. The molecule has 0 saturated heterocycles. The van der Waals surface area contributed by atoms with Crippen LogP contribution in [0.3, 0.4) is 0 Å². The molecule has 1 aliphatic rings. The van der Waals surface area contributed by atoms with Crippen molar-refractivity contribution in [3.8, 4) is 5.75 Å². The summed E-state index contributed by atoms with van der Waals surface area (Å²) in [6.45, 7) is 1.66. The monoisotopic (exact) mass is 284 g/mol. The molecule has 1 fully saturated rings. The number of hydrogen-bond acceptors (Lipinski definition) is 3. The Morgan fingerprint density at radius 1 is 1.32 bits per heavy atom. The van der Waals surface area contributed by atoms with Crippen LogP contribution in [0.15, 0.2) is 24.3 Å². The predicted octanol–water partition coefficient (Wildman–Crippen LogP) is 2.72. The first-order chi connectivity index (χ1) is 8.65. The zero-order valence-electron chi connectivity index (χ0n) is 11.1. The number of halogens is 1. The number of nitrogens with two attached hydrogens (primary N) is 1. The number of ether oxygens (including phenoxy) is 1. The van der Waals surface area contributed by atoms with Crippen LogP contribution in [-0.4, -0.2) is 18.1 Å². The second-order valence-corrected chi connectivity index (χ2v) is 4.83. The van der Waals surface area contributed by atoms with Crippen LogP contribution in [0.25, 0.3) is 0 Å². The van der Waals surface area contributed by atoms with Gasteiger partial charge in [0, 0.05) is 5.69 Å². The summed E-state index contributed by atoms with van der Waals surface area (Å²) in [5.74, 6) is 0.681. The Morgan fingerprint density at radius 3 is 2.42 bits per heavy atom. The largest absolute Gasteiger partial charge is 0.490 e. The highest BCUT2D eigenvalue weighted by Crippen LogP contribution is 2.24. The van der Waals surface area contributed by atoms with E-state index in [1.54, 1.807) is 6.92 Å². The molecular weight excluding hydrogens is 264 g/mol. The summed E-state index contributed by atoms with van der Waals surface area (Å²) in [5, 5.41) is 2.74. The number of carbonyl (C=O) groups is 1. The van der Waals surface area contributed by atoms with Gasteiger partial charge in [0.25, 0.3) is 0 Å². The van der Waals surface area contributed by atoms with Crippen molar-refractivity contribution in [1.29, 1.82) is 0 Å². The minimum Gasteiger partial charge on any atom is -0.490 e. The lowest BCUT2D eigenvalue weighted by atomic mass is 10.2. The van der Waals surface area contributed by atoms with Crippen LogP contribution in [0.2, 0.25) is 0 Å². The van der Waals surface area contributed by atoms with E-state index in [4.69, 9.17) is 10.5 Å². The van der Waals surface area contributed by atoms with E-state index < -0.39 is 6.04 Å². The molecule has 1 aromatic carbocycles. The van der Waals surface area contributed by atoms with Crippen molar-refractivity contribution in [3.63, 3.8) is 0 Å². The molecule has 1 atom stereocenters. The van der Waals surface area contributed by atoms with Crippen molar-refractivity contribution < 1.29 is 9.53 Å². The smallest absolute Gasteiger partial charge is 0.240 e. The van der Waals surface area contributed by atoms with Crippen LogP contribution in [-0.2, 0) is 4.79 Å². The molecule has 2 rings (SSSR count). The third-order valence-corrected chi connectivity index (χ3v) is 3.14. The van der Waals surface area contributed by atoms with E-state index in [1.165, 1.54) is 12.8 Å². The average molecular weight is 285 g/mol. The van der Waals surface area contributed by atoms with Crippen LogP contribution < -0.4 is 15.8 Å². The fourth-order valence-electron chi connectivity index (χ4n) is 2.07. The molecule has 0 heterocycles. The molecule has 106 valence electrons. The van der Waals surface area contributed by atoms with Crippen LogP contribution >= 0.6 is 12.4 Å². The summed E-state index contributed by atoms with van der Waals surface area (Å²) in [5.41, 5.74) is 6.23. The van der Waals surface area contributed by atoms with Gasteiger partial charge < -0.3 is 15.8 Å². The second kappa shape index (κ2) is 7.36. The number of rotatable bonds is 4. The van der Waals surface area contributed by atoms with Gasteiger partial charge in [-0.25, -0.2) is 0 Å². The Balaban J connectivity index is 0.00000180. The van der Waals surface area contributed by atoms with Crippen molar-refractivity contribution in [3.05, 3.63) is 24.3 Å². The lowest BCUT2D eigenvalue weighted by Crippen LogP contribution is -2.32. The molecule has 0 aromatic heterocycles. The number of hydrogen-bond donors (Lipinski definition) is 2. The zero-order valence-corrected chi connectivity index (χ0v) is 11.9. The van der Waals surface area contributed by atoms with Gasteiger partial charge in [-0.15, -0.1) is 12.4 Å². The first-order valence-electron chi connectivity index (χ1n) is 6.48. The highest BCUT2D eigenvalue weighted by atomic mass is 35.5. The molecule has 1 aromatic rings. The number of nitrogens with one attached hydrogen (secondary N) is 1. The maximum absolute atomic E-state index is 11.4. The van der Waals surface area contributed by atoms with Gasteiger partial charge in [-0.2, -0.15) is 0 Å². The number of amides is 1. The highest BCUT2D eigenvalue weighted by Gasteiger charge is 2.16. The lowest BCUT2D eigenvalue weighted by molar-refractivity contribution is -0.117. The van der Waals surface area contributed by atoms with E-state index in [0.717, 1.165) is 24.3 Å². The average Bonchev–Trinajstić information content (AvgIpc) is 2.84. The fourth-order valence-corrected chi connectivity index (χ4v) is 2.07. The Bertz CT molecular complexity index is 400. The molecule has 1 amide bonds. The van der Waals surface area contributed by atoms with Gasteiger partial charge in [0.05, 0.1) is 12.1 Å². The maximum atomic E-state index is 11.4. The zero-order chi connectivity index (χ0) is 13.0. The van der Waals surface area contributed by atoms with Crippen LogP contribution in [0, 0.1) is 0 Å². The van der Waals surface area contributed by atoms with Gasteiger partial charge in [0.15, 0.2) is 0 Å². The predicted molar refractivity (Wildman–Crippen MR) is 78.9 cm³/mol. The van der Waals surface area contributed by atoms with E-state index in [9.17, 15) is 4.79 Å². The van der Waals surface area contributed by atoms with Gasteiger partial charge in [-0.05, 0) is 56.9 Å². The Hall–Kier alpha value is -1.26. The summed E-state index contributed by atoms with van der Waals surface area (Å²) in [7, 11) is 0. The third-order valence-electron chi connectivity index (χ3n) is 3.14. The number of carbonyl (C=O) groups excluding carboxylic acids is 1. The molecule has 0 bridgehead atoms. The summed E-state index contributed by atoms with van der Waals surface area (Å²) in [4.78, 5) is 11.4. The summed E-state index contributed by atoms with van der Waals surface area (Å²) >= 11 is 0. The Morgan fingerprint density at radius 2 is 1.89 bits per heavy atom. The molecule has 1 saturated carbocycles. The SMILES string of the molecule is C[C@H](N)C(=O)Nc1ccc(OC2CCCC2)cc1.Cl. The van der Waals surface area contributed by atoms with Gasteiger partial charge in [-0.3, -0.25) is 4.79 Å². The van der Waals surface area contributed by atoms with Crippen molar-refractivity contribution in [2.24, 2.45) is 5.73 Å². The topological polar surface area (TPSA) is 64.4 Å². The van der Waals surface area contributed by atoms with Crippen molar-refractivity contribution in [2.75, 3.05) is 5.32 Å². The molecule has 3 N–H and O–H groups in total.